The number of carbonyl (C=O) groups excluding carboxylic acids is 3. The van der Waals surface area contributed by atoms with E-state index in [4.69, 9.17) is 23.7 Å². The summed E-state index contributed by atoms with van der Waals surface area (Å²) in [6.07, 6.45) is 55.5. The minimum absolute atomic E-state index is 0.0219. The molecule has 1 aliphatic heterocycles. The number of hydrogen-bond donors (Lipinski definition) is 3. The summed E-state index contributed by atoms with van der Waals surface area (Å²) in [4.78, 5) is 51.2. The molecule has 0 aromatic heterocycles. The number of rotatable bonds is 51. The van der Waals surface area contributed by atoms with E-state index in [2.05, 4.69) is 93.7 Å². The third-order valence-electron chi connectivity index (χ3n) is 13.4. The first-order valence-electron chi connectivity index (χ1n) is 30.6. The van der Waals surface area contributed by atoms with Crippen LogP contribution in [0.1, 0.15) is 252 Å². The third-order valence-corrected chi connectivity index (χ3v) is 13.4. The Morgan fingerprint density at radius 2 is 0.831 bits per heavy atom. The smallest absolute Gasteiger partial charge is 0.335 e. The van der Waals surface area contributed by atoms with Crippen molar-refractivity contribution in [2.24, 2.45) is 0 Å². The van der Waals surface area contributed by atoms with Crippen LogP contribution in [-0.4, -0.2) is 89.2 Å². The highest BCUT2D eigenvalue weighted by molar-refractivity contribution is 5.74. The number of allylic oxidation sites excluding steroid dienone is 14. The number of aliphatic carboxylic acids is 1. The predicted octanol–water partition coefficient (Wildman–Crippen LogP) is 15.9. The van der Waals surface area contributed by atoms with Crippen LogP contribution in [0, 0.1) is 0 Å². The molecule has 0 aromatic rings. The minimum atomic E-state index is -1.93. The van der Waals surface area contributed by atoms with Crippen molar-refractivity contribution in [1.29, 1.82) is 0 Å². The third kappa shape index (κ3) is 42.5. The van der Waals surface area contributed by atoms with Gasteiger partial charge in [0, 0.05) is 19.3 Å². The zero-order valence-electron chi connectivity index (χ0n) is 48.4. The molecule has 0 radical (unpaired) electrons. The van der Waals surface area contributed by atoms with Crippen LogP contribution in [0.2, 0.25) is 0 Å². The molecule has 0 aromatic carbocycles. The van der Waals surface area contributed by atoms with E-state index in [1.807, 2.05) is 12.2 Å². The molecule has 6 atom stereocenters. The summed E-state index contributed by atoms with van der Waals surface area (Å²) >= 11 is 0. The summed E-state index contributed by atoms with van der Waals surface area (Å²) in [6, 6.07) is 0. The quantitative estimate of drug-likeness (QED) is 0.0228. The Bertz CT molecular complexity index is 1660. The zero-order valence-corrected chi connectivity index (χ0v) is 48.4. The van der Waals surface area contributed by atoms with Crippen LogP contribution in [0.3, 0.4) is 0 Å². The van der Waals surface area contributed by atoms with Gasteiger partial charge in [-0.1, -0.05) is 209 Å². The SMILES string of the molecule is CC/C=C\C/C=C\C/C=C\C/C=C\C/C=C\CCCC(=O)OC1C(OCC(COC(=O)CCCCCCC/C=C\CCCCCCCC)OC(=O)CCCCCCC/C=C\CCCCCCCC)OC(C(=O)O)C(O)C1O. The van der Waals surface area contributed by atoms with E-state index >= 15 is 0 Å². The van der Waals surface area contributed by atoms with Crippen LogP contribution in [-0.2, 0) is 42.9 Å². The van der Waals surface area contributed by atoms with Crippen LogP contribution in [0.5, 0.6) is 0 Å². The molecule has 1 rings (SSSR count). The number of hydrogen-bond acceptors (Lipinski definition) is 11. The van der Waals surface area contributed by atoms with Gasteiger partial charge in [0.2, 0.25) is 0 Å². The standard InChI is InChI=1S/C65H108O12/c1-4-7-10-13-16-19-22-25-28-29-32-35-38-41-44-47-50-53-59(68)76-63-61(70)60(69)62(64(71)72)77-65(63)74-55-56(75-58(67)52-49-46-43-40-37-34-31-27-24-21-18-15-12-9-6-3)54-73-57(66)51-48-45-42-39-36-33-30-26-23-20-17-14-11-8-5-2/h7,10,16,19,25-28,30-32,35,41,44,56,60-63,65,69-70H,4-6,8-9,11-15,17-18,20-24,29,33-34,36-40,42-43,45-55H2,1-3H3,(H,71,72)/b10-7-,19-16-,28-25-,30-26-,31-27-,35-32-,44-41-. The fraction of sp³-hybridized carbons (Fsp3) is 0.723. The highest BCUT2D eigenvalue weighted by Crippen LogP contribution is 2.26. The van der Waals surface area contributed by atoms with E-state index in [0.717, 1.165) is 109 Å². The summed E-state index contributed by atoms with van der Waals surface area (Å²) in [5.41, 5.74) is 0. The molecule has 1 fully saturated rings. The van der Waals surface area contributed by atoms with Crippen molar-refractivity contribution in [1.82, 2.24) is 0 Å². The molecule has 12 heteroatoms. The highest BCUT2D eigenvalue weighted by Gasteiger charge is 2.50. The van der Waals surface area contributed by atoms with Gasteiger partial charge in [-0.2, -0.15) is 0 Å². The molecule has 0 aliphatic carbocycles. The molecule has 0 saturated carbocycles. The topological polar surface area (TPSA) is 175 Å². The number of carboxylic acids is 1. The fourth-order valence-electron chi connectivity index (χ4n) is 8.75. The van der Waals surface area contributed by atoms with Crippen LogP contribution >= 0.6 is 0 Å². The molecule has 77 heavy (non-hydrogen) atoms. The molecule has 1 aliphatic rings. The van der Waals surface area contributed by atoms with Crippen molar-refractivity contribution in [3.63, 3.8) is 0 Å². The zero-order chi connectivity index (χ0) is 56.1. The van der Waals surface area contributed by atoms with Gasteiger partial charge >= 0.3 is 23.9 Å². The Kier molecular flexibility index (Phi) is 48.4. The van der Waals surface area contributed by atoms with Gasteiger partial charge in [-0.25, -0.2) is 4.79 Å². The van der Waals surface area contributed by atoms with Gasteiger partial charge in [0.25, 0.3) is 0 Å². The monoisotopic (exact) mass is 1080 g/mol. The Morgan fingerprint density at radius 3 is 1.30 bits per heavy atom. The van der Waals surface area contributed by atoms with Crippen LogP contribution in [0.15, 0.2) is 85.1 Å². The van der Waals surface area contributed by atoms with Crippen molar-refractivity contribution in [2.75, 3.05) is 13.2 Å². The minimum Gasteiger partial charge on any atom is -0.479 e. The lowest BCUT2D eigenvalue weighted by atomic mass is 9.98. The molecule has 0 bridgehead atoms. The van der Waals surface area contributed by atoms with Crippen molar-refractivity contribution >= 4 is 23.9 Å². The van der Waals surface area contributed by atoms with Crippen molar-refractivity contribution < 1.29 is 58.2 Å². The van der Waals surface area contributed by atoms with E-state index < -0.39 is 67.3 Å². The first-order valence-corrected chi connectivity index (χ1v) is 30.6. The van der Waals surface area contributed by atoms with Crippen LogP contribution in [0.4, 0.5) is 0 Å². The Balaban J connectivity index is 2.73. The predicted molar refractivity (Wildman–Crippen MR) is 312 cm³/mol. The molecule has 12 nitrogen and oxygen atoms in total. The number of ether oxygens (including phenoxy) is 5. The average Bonchev–Trinajstić information content (AvgIpc) is 3.43. The van der Waals surface area contributed by atoms with E-state index in [1.54, 1.807) is 0 Å². The second-order valence-electron chi connectivity index (χ2n) is 20.6. The number of aliphatic hydroxyl groups is 2. The molecular weight excluding hydrogens is 973 g/mol. The van der Waals surface area contributed by atoms with E-state index in [1.165, 1.54) is 77.0 Å². The lowest BCUT2D eigenvalue weighted by Crippen LogP contribution is -2.61. The number of carboxylic acid groups (broad SMARTS) is 1. The van der Waals surface area contributed by atoms with E-state index in [-0.39, 0.29) is 25.9 Å². The van der Waals surface area contributed by atoms with Crippen molar-refractivity contribution in [3.8, 4) is 0 Å². The molecule has 1 saturated heterocycles. The van der Waals surface area contributed by atoms with E-state index in [0.29, 0.717) is 25.7 Å². The maximum absolute atomic E-state index is 13.2. The first-order chi connectivity index (χ1) is 37.6. The summed E-state index contributed by atoms with van der Waals surface area (Å²) in [6.45, 7) is 5.84. The summed E-state index contributed by atoms with van der Waals surface area (Å²) < 4.78 is 28.4. The highest BCUT2D eigenvalue weighted by atomic mass is 16.7. The van der Waals surface area contributed by atoms with E-state index in [9.17, 15) is 34.5 Å². The second kappa shape index (κ2) is 52.6. The lowest BCUT2D eigenvalue weighted by Gasteiger charge is -2.40. The van der Waals surface area contributed by atoms with Gasteiger partial charge in [0.15, 0.2) is 24.6 Å². The first kappa shape index (κ1) is 70.9. The van der Waals surface area contributed by atoms with Gasteiger partial charge < -0.3 is 39.0 Å². The Hall–Kier alpha value is -4.10. The largest absolute Gasteiger partial charge is 0.479 e. The van der Waals surface area contributed by atoms with Crippen molar-refractivity contribution in [2.45, 2.75) is 289 Å². The summed E-state index contributed by atoms with van der Waals surface area (Å²) in [5.74, 6) is -3.22. The number of unbranched alkanes of at least 4 members (excludes halogenated alkanes) is 23. The molecule has 1 heterocycles. The molecule has 0 amide bonds. The maximum atomic E-state index is 13.2. The molecule has 3 N–H and O–H groups in total. The van der Waals surface area contributed by atoms with Gasteiger partial charge in [0.05, 0.1) is 6.61 Å². The summed E-state index contributed by atoms with van der Waals surface area (Å²) in [5, 5.41) is 31.5. The second-order valence-corrected chi connectivity index (χ2v) is 20.6. The lowest BCUT2D eigenvalue weighted by molar-refractivity contribution is -0.301. The van der Waals surface area contributed by atoms with Crippen molar-refractivity contribution in [3.05, 3.63) is 85.1 Å². The summed E-state index contributed by atoms with van der Waals surface area (Å²) in [7, 11) is 0. The fourth-order valence-corrected chi connectivity index (χ4v) is 8.75. The average molecular weight is 1080 g/mol. The van der Waals surface area contributed by atoms with Crippen LogP contribution < -0.4 is 0 Å². The van der Waals surface area contributed by atoms with Gasteiger partial charge in [-0.15, -0.1) is 0 Å². The molecule has 0 spiro atoms. The van der Waals surface area contributed by atoms with Crippen LogP contribution in [0.25, 0.3) is 0 Å². The molecular formula is C65H108O12. The number of carbonyl (C=O) groups is 4. The van der Waals surface area contributed by atoms with Gasteiger partial charge in [0.1, 0.15) is 18.8 Å². The van der Waals surface area contributed by atoms with Gasteiger partial charge in [-0.05, 0) is 109 Å². The maximum Gasteiger partial charge on any atom is 0.335 e. The number of esters is 3. The normalized spacial score (nSPS) is 18.6. The van der Waals surface area contributed by atoms with Gasteiger partial charge in [-0.3, -0.25) is 14.4 Å². The number of aliphatic hydroxyl groups excluding tert-OH is 2. The Morgan fingerprint density at radius 1 is 0.442 bits per heavy atom. The molecule has 6 unspecified atom stereocenters. The Labute approximate surface area is 467 Å². The molecule has 440 valence electrons.